The lowest BCUT2D eigenvalue weighted by molar-refractivity contribution is 0.104. The molecule has 1 heterocycles. The highest BCUT2D eigenvalue weighted by atomic mass is 79.9. The van der Waals surface area contributed by atoms with Crippen LogP contribution in [0.3, 0.4) is 0 Å². The van der Waals surface area contributed by atoms with E-state index in [1.165, 1.54) is 11.3 Å². The van der Waals surface area contributed by atoms with Gasteiger partial charge >= 0.3 is 0 Å². The Morgan fingerprint density at radius 2 is 2.07 bits per heavy atom. The lowest BCUT2D eigenvalue weighted by Crippen LogP contribution is -2.09. The molecule has 0 spiro atoms. The van der Waals surface area contributed by atoms with E-state index in [4.69, 9.17) is 4.84 Å². The third kappa shape index (κ3) is 3.06. The van der Waals surface area contributed by atoms with Gasteiger partial charge in [0.2, 0.25) is 0 Å². The molecule has 0 bridgehead atoms. The first-order valence-corrected chi connectivity index (χ1v) is 6.32. The molecule has 15 heavy (non-hydrogen) atoms. The van der Waals surface area contributed by atoms with Crippen LogP contribution in [-0.4, -0.2) is 17.1 Å². The van der Waals surface area contributed by atoms with Gasteiger partial charge in [-0.05, 0) is 18.4 Å². The number of halogens is 1. The topological polar surface area (TPSA) is 21.6 Å². The molecule has 0 radical (unpaired) electrons. The molecular weight excluding hydrogens is 254 g/mol. The van der Waals surface area contributed by atoms with Crippen LogP contribution in [0.2, 0.25) is 0 Å². The van der Waals surface area contributed by atoms with E-state index in [2.05, 4.69) is 45.4 Å². The second kappa shape index (κ2) is 5.31. The van der Waals surface area contributed by atoms with Crippen LogP contribution in [-0.2, 0) is 11.3 Å². The first-order chi connectivity index (χ1) is 7.38. The van der Waals surface area contributed by atoms with Crippen molar-refractivity contribution in [2.24, 2.45) is 5.16 Å². The molecule has 80 valence electrons. The van der Waals surface area contributed by atoms with Crippen molar-refractivity contribution in [2.45, 2.75) is 25.4 Å². The first-order valence-electron chi connectivity index (χ1n) is 5.20. The predicted molar refractivity (Wildman–Crippen MR) is 65.5 cm³/mol. The van der Waals surface area contributed by atoms with Crippen molar-refractivity contribution in [3.8, 4) is 0 Å². The Kier molecular flexibility index (Phi) is 3.78. The van der Waals surface area contributed by atoms with E-state index in [0.29, 0.717) is 0 Å². The van der Waals surface area contributed by atoms with Crippen molar-refractivity contribution in [1.29, 1.82) is 0 Å². The van der Waals surface area contributed by atoms with Crippen molar-refractivity contribution in [3.63, 3.8) is 0 Å². The van der Waals surface area contributed by atoms with Gasteiger partial charge in [-0.15, -0.1) is 0 Å². The fourth-order valence-electron chi connectivity index (χ4n) is 1.65. The Hall–Kier alpha value is -0.830. The molecule has 1 aromatic carbocycles. The third-order valence-corrected chi connectivity index (χ3v) is 3.23. The van der Waals surface area contributed by atoms with E-state index in [1.54, 1.807) is 0 Å². The SMILES string of the molecule is BrCC1CC(CCc2ccccc2)=NO1. The van der Waals surface area contributed by atoms with Gasteiger partial charge in [0.1, 0.15) is 6.10 Å². The van der Waals surface area contributed by atoms with Gasteiger partial charge in [0.25, 0.3) is 0 Å². The summed E-state index contributed by atoms with van der Waals surface area (Å²) < 4.78 is 0. The monoisotopic (exact) mass is 267 g/mol. The van der Waals surface area contributed by atoms with Crippen LogP contribution in [0.25, 0.3) is 0 Å². The Bertz CT molecular complexity index is 337. The van der Waals surface area contributed by atoms with Crippen LogP contribution < -0.4 is 0 Å². The van der Waals surface area contributed by atoms with Gasteiger partial charge in [0.15, 0.2) is 0 Å². The van der Waals surface area contributed by atoms with Crippen LogP contribution in [0.15, 0.2) is 35.5 Å². The number of alkyl halides is 1. The number of aryl methyl sites for hydroxylation is 1. The molecule has 1 atom stereocenters. The molecule has 0 fully saturated rings. The molecule has 0 amide bonds. The van der Waals surface area contributed by atoms with E-state index in [0.717, 1.165) is 24.6 Å². The number of oxime groups is 1. The summed E-state index contributed by atoms with van der Waals surface area (Å²) in [6, 6.07) is 10.5. The average Bonchev–Trinajstić information content (AvgIpc) is 2.76. The van der Waals surface area contributed by atoms with Gasteiger partial charge < -0.3 is 4.84 Å². The maximum absolute atomic E-state index is 5.24. The standard InChI is InChI=1S/C12H14BrNO/c13-9-12-8-11(14-15-12)7-6-10-4-2-1-3-5-10/h1-5,12H,6-9H2. The highest BCUT2D eigenvalue weighted by molar-refractivity contribution is 9.09. The smallest absolute Gasteiger partial charge is 0.142 e. The van der Waals surface area contributed by atoms with Crippen LogP contribution >= 0.6 is 15.9 Å². The summed E-state index contributed by atoms with van der Waals surface area (Å²) in [6.45, 7) is 0. The fourth-order valence-corrected chi connectivity index (χ4v) is 2.00. The molecule has 3 heteroatoms. The van der Waals surface area contributed by atoms with Crippen molar-refractivity contribution in [3.05, 3.63) is 35.9 Å². The van der Waals surface area contributed by atoms with E-state index < -0.39 is 0 Å². The van der Waals surface area contributed by atoms with Gasteiger partial charge in [-0.25, -0.2) is 0 Å². The molecule has 1 aromatic rings. The quantitative estimate of drug-likeness (QED) is 0.769. The Morgan fingerprint density at radius 3 is 2.73 bits per heavy atom. The van der Waals surface area contributed by atoms with Crippen molar-refractivity contribution in [2.75, 3.05) is 5.33 Å². The zero-order chi connectivity index (χ0) is 10.5. The molecule has 2 rings (SSSR count). The summed E-state index contributed by atoms with van der Waals surface area (Å²) >= 11 is 3.40. The molecule has 0 saturated heterocycles. The van der Waals surface area contributed by atoms with Gasteiger partial charge in [-0.1, -0.05) is 51.4 Å². The maximum Gasteiger partial charge on any atom is 0.142 e. The molecule has 1 aliphatic heterocycles. The summed E-state index contributed by atoms with van der Waals surface area (Å²) in [7, 11) is 0. The molecular formula is C12H14BrNO. The highest BCUT2D eigenvalue weighted by Gasteiger charge is 2.18. The fraction of sp³-hybridized carbons (Fsp3) is 0.417. The van der Waals surface area contributed by atoms with Gasteiger partial charge in [-0.3, -0.25) is 0 Å². The summed E-state index contributed by atoms with van der Waals surface area (Å²) in [5.41, 5.74) is 2.55. The minimum absolute atomic E-state index is 0.246. The van der Waals surface area contributed by atoms with Crippen LogP contribution in [0.1, 0.15) is 18.4 Å². The van der Waals surface area contributed by atoms with Gasteiger partial charge in [0, 0.05) is 11.8 Å². The van der Waals surface area contributed by atoms with Gasteiger partial charge in [-0.2, -0.15) is 0 Å². The lowest BCUT2D eigenvalue weighted by Gasteiger charge is -2.01. The largest absolute Gasteiger partial charge is 0.391 e. The van der Waals surface area contributed by atoms with E-state index in [-0.39, 0.29) is 6.10 Å². The molecule has 1 aliphatic rings. The van der Waals surface area contributed by atoms with E-state index in [1.807, 2.05) is 6.07 Å². The summed E-state index contributed by atoms with van der Waals surface area (Å²) in [5, 5.41) is 4.96. The second-order valence-corrected chi connectivity index (χ2v) is 4.38. The van der Waals surface area contributed by atoms with E-state index in [9.17, 15) is 0 Å². The number of rotatable bonds is 4. The number of hydrogen-bond donors (Lipinski definition) is 0. The normalized spacial score (nSPS) is 19.8. The van der Waals surface area contributed by atoms with Crippen LogP contribution in [0.4, 0.5) is 0 Å². The Morgan fingerprint density at radius 1 is 1.27 bits per heavy atom. The highest BCUT2D eigenvalue weighted by Crippen LogP contribution is 2.16. The summed E-state index contributed by atoms with van der Waals surface area (Å²) in [5.74, 6) is 0. The van der Waals surface area contributed by atoms with Crippen molar-refractivity contribution < 1.29 is 4.84 Å². The molecule has 0 aliphatic carbocycles. The number of benzene rings is 1. The minimum Gasteiger partial charge on any atom is -0.391 e. The molecule has 0 N–H and O–H groups in total. The third-order valence-electron chi connectivity index (χ3n) is 2.51. The van der Waals surface area contributed by atoms with Crippen LogP contribution in [0.5, 0.6) is 0 Å². The first kappa shape index (κ1) is 10.7. The molecule has 2 nitrogen and oxygen atoms in total. The number of hydrogen-bond acceptors (Lipinski definition) is 2. The summed E-state index contributed by atoms with van der Waals surface area (Å²) in [4.78, 5) is 5.24. The second-order valence-electron chi connectivity index (χ2n) is 3.73. The Balaban J connectivity index is 1.80. The summed E-state index contributed by atoms with van der Waals surface area (Å²) in [6.07, 6.45) is 3.28. The maximum atomic E-state index is 5.24. The van der Waals surface area contributed by atoms with Gasteiger partial charge in [0.05, 0.1) is 5.71 Å². The Labute approximate surface area is 98.4 Å². The van der Waals surface area contributed by atoms with Crippen molar-refractivity contribution in [1.82, 2.24) is 0 Å². The van der Waals surface area contributed by atoms with Crippen LogP contribution in [0, 0.1) is 0 Å². The molecule has 0 saturated carbocycles. The predicted octanol–water partition coefficient (Wildman–Crippen LogP) is 3.16. The van der Waals surface area contributed by atoms with E-state index >= 15 is 0 Å². The molecule has 1 unspecified atom stereocenters. The zero-order valence-electron chi connectivity index (χ0n) is 8.53. The molecule has 0 aromatic heterocycles. The average molecular weight is 268 g/mol. The number of nitrogens with zero attached hydrogens (tertiary/aromatic N) is 1. The minimum atomic E-state index is 0.246. The lowest BCUT2D eigenvalue weighted by atomic mass is 10.0. The van der Waals surface area contributed by atoms with Crippen molar-refractivity contribution >= 4 is 21.6 Å². The zero-order valence-corrected chi connectivity index (χ0v) is 10.1.